The molecule has 0 fully saturated rings. The molecule has 0 aliphatic carbocycles. The Morgan fingerprint density at radius 2 is 1.91 bits per heavy atom. The summed E-state index contributed by atoms with van der Waals surface area (Å²) < 4.78 is 10.5. The molecule has 0 radical (unpaired) electrons. The molecule has 1 heterocycles. The van der Waals surface area contributed by atoms with Crippen molar-refractivity contribution in [3.8, 4) is 11.5 Å². The van der Waals surface area contributed by atoms with Gasteiger partial charge in [-0.3, -0.25) is 9.59 Å². The molecule has 3 N–H and O–H groups in total. The predicted molar refractivity (Wildman–Crippen MR) is 130 cm³/mol. The number of nitrogens with two attached hydrogens (primary N) is 1. The van der Waals surface area contributed by atoms with Gasteiger partial charge in [0.1, 0.15) is 16.5 Å². The second-order valence-electron chi connectivity index (χ2n) is 9.03. The number of phenols is 1. The summed E-state index contributed by atoms with van der Waals surface area (Å²) in [7, 11) is 0. The molecule has 0 atom stereocenters. The molecule has 3 rings (SSSR count). The molecule has 0 unspecified atom stereocenters. The molecule has 0 bridgehead atoms. The summed E-state index contributed by atoms with van der Waals surface area (Å²) in [4.78, 5) is 39.3. The maximum atomic E-state index is 13.1. The topological polar surface area (TPSA) is 119 Å². The van der Waals surface area contributed by atoms with Crippen molar-refractivity contribution in [3.63, 3.8) is 0 Å². The third-order valence-electron chi connectivity index (χ3n) is 5.46. The molecule has 1 amide bonds. The summed E-state index contributed by atoms with van der Waals surface area (Å²) in [6.45, 7) is 7.39. The number of fused-ring (bicyclic) bond motifs is 1. The van der Waals surface area contributed by atoms with Gasteiger partial charge in [-0.25, -0.2) is 4.79 Å². The number of Topliss-reactive ketones (excluding diaryl/α,β-unsaturated/α-hetero) is 1. The van der Waals surface area contributed by atoms with Crippen LogP contribution in [-0.2, 0) is 21.5 Å². The number of hydrogen-bond acceptors (Lipinski definition) is 7. The van der Waals surface area contributed by atoms with Gasteiger partial charge >= 0.3 is 5.97 Å². The van der Waals surface area contributed by atoms with Crippen LogP contribution < -0.4 is 10.5 Å². The molecule has 0 aromatic heterocycles. The van der Waals surface area contributed by atoms with Gasteiger partial charge in [0.2, 0.25) is 0 Å². The summed E-state index contributed by atoms with van der Waals surface area (Å²) in [5.74, 6) is -1.24. The number of esters is 1. The molecule has 8 nitrogen and oxygen atoms in total. The van der Waals surface area contributed by atoms with Crippen LogP contribution in [0.15, 0.2) is 30.3 Å². The molecule has 2 aromatic rings. The van der Waals surface area contributed by atoms with Crippen molar-refractivity contribution in [1.82, 2.24) is 4.90 Å². The zero-order chi connectivity index (χ0) is 25.2. The average molecular weight is 485 g/mol. The van der Waals surface area contributed by atoms with Gasteiger partial charge < -0.3 is 25.2 Å². The standard InChI is InChI=1S/C25H28N2O6S/c1-5-32-22(30)13-33-21-10-19(28)17(9-18(21)25(2,3)4)20(29)12-27-11-15-8-14(23(26)34)6-7-16(15)24(27)31/h6-10,28H,5,11-13H2,1-4H3,(H2,26,34). The van der Waals surface area contributed by atoms with Crippen molar-refractivity contribution in [2.24, 2.45) is 5.73 Å². The van der Waals surface area contributed by atoms with E-state index >= 15 is 0 Å². The van der Waals surface area contributed by atoms with E-state index < -0.39 is 17.2 Å². The molecular formula is C25H28N2O6S. The quantitative estimate of drug-likeness (QED) is 0.333. The number of aromatic hydroxyl groups is 1. The first-order chi connectivity index (χ1) is 15.9. The van der Waals surface area contributed by atoms with Gasteiger partial charge in [0.15, 0.2) is 12.4 Å². The van der Waals surface area contributed by atoms with Crippen molar-refractivity contribution in [1.29, 1.82) is 0 Å². The predicted octanol–water partition coefficient (Wildman–Crippen LogP) is 3.10. The monoisotopic (exact) mass is 484 g/mol. The lowest BCUT2D eigenvalue weighted by atomic mass is 9.84. The van der Waals surface area contributed by atoms with Gasteiger partial charge in [-0.05, 0) is 36.1 Å². The summed E-state index contributed by atoms with van der Waals surface area (Å²) in [6.07, 6.45) is 0. The number of nitrogens with zero attached hydrogens (tertiary/aromatic N) is 1. The Morgan fingerprint density at radius 1 is 1.21 bits per heavy atom. The largest absolute Gasteiger partial charge is 0.507 e. The Balaban J connectivity index is 1.83. The maximum Gasteiger partial charge on any atom is 0.344 e. The zero-order valence-electron chi connectivity index (χ0n) is 19.6. The fourth-order valence-electron chi connectivity index (χ4n) is 3.76. The Hall–Kier alpha value is -3.46. The first kappa shape index (κ1) is 25.2. The summed E-state index contributed by atoms with van der Waals surface area (Å²) in [5.41, 5.74) is 7.82. The maximum absolute atomic E-state index is 13.1. The highest BCUT2D eigenvalue weighted by molar-refractivity contribution is 7.80. The lowest BCUT2D eigenvalue weighted by molar-refractivity contribution is -0.145. The molecule has 2 aromatic carbocycles. The van der Waals surface area contributed by atoms with Crippen LogP contribution in [0.2, 0.25) is 0 Å². The summed E-state index contributed by atoms with van der Waals surface area (Å²) >= 11 is 5.00. The van der Waals surface area contributed by atoms with Crippen molar-refractivity contribution in [2.45, 2.75) is 39.7 Å². The van der Waals surface area contributed by atoms with E-state index in [0.29, 0.717) is 16.7 Å². The average Bonchev–Trinajstić information content (AvgIpc) is 3.06. The van der Waals surface area contributed by atoms with Crippen LogP contribution in [0.1, 0.15) is 65.1 Å². The molecule has 0 saturated heterocycles. The highest BCUT2D eigenvalue weighted by atomic mass is 32.1. The van der Waals surface area contributed by atoms with E-state index in [9.17, 15) is 19.5 Å². The third kappa shape index (κ3) is 5.36. The number of ketones is 1. The van der Waals surface area contributed by atoms with E-state index in [-0.39, 0.29) is 54.3 Å². The smallest absolute Gasteiger partial charge is 0.344 e. The molecule has 1 aliphatic rings. The highest BCUT2D eigenvalue weighted by Crippen LogP contribution is 2.37. The van der Waals surface area contributed by atoms with Crippen LogP contribution in [0.3, 0.4) is 0 Å². The van der Waals surface area contributed by atoms with Gasteiger partial charge in [-0.1, -0.05) is 39.1 Å². The Kier molecular flexibility index (Phi) is 7.26. The summed E-state index contributed by atoms with van der Waals surface area (Å²) in [5, 5.41) is 10.6. The number of rotatable bonds is 8. The van der Waals surface area contributed by atoms with Gasteiger partial charge in [-0.15, -0.1) is 0 Å². The number of hydrogen-bond donors (Lipinski definition) is 2. The van der Waals surface area contributed by atoms with Crippen molar-refractivity contribution in [3.05, 3.63) is 58.1 Å². The lowest BCUT2D eigenvalue weighted by Crippen LogP contribution is -2.30. The zero-order valence-corrected chi connectivity index (χ0v) is 20.5. The second kappa shape index (κ2) is 9.80. The van der Waals surface area contributed by atoms with E-state index in [4.69, 9.17) is 27.4 Å². The number of benzene rings is 2. The van der Waals surface area contributed by atoms with Crippen molar-refractivity contribution >= 4 is 34.9 Å². The normalized spacial score (nSPS) is 12.9. The molecule has 1 aliphatic heterocycles. The van der Waals surface area contributed by atoms with E-state index in [1.807, 2.05) is 20.8 Å². The van der Waals surface area contributed by atoms with E-state index in [1.54, 1.807) is 31.2 Å². The van der Waals surface area contributed by atoms with Crippen molar-refractivity contribution in [2.75, 3.05) is 19.8 Å². The number of ether oxygens (including phenoxy) is 2. The van der Waals surface area contributed by atoms with E-state index in [2.05, 4.69) is 0 Å². The number of carbonyl (C=O) groups excluding carboxylic acids is 3. The molecule has 0 saturated carbocycles. The summed E-state index contributed by atoms with van der Waals surface area (Å²) in [6, 6.07) is 7.96. The lowest BCUT2D eigenvalue weighted by Gasteiger charge is -2.24. The fraction of sp³-hybridized carbons (Fsp3) is 0.360. The molecular weight excluding hydrogens is 456 g/mol. The third-order valence-corrected chi connectivity index (χ3v) is 5.70. The Labute approximate surface area is 203 Å². The first-order valence-electron chi connectivity index (χ1n) is 10.8. The SMILES string of the molecule is CCOC(=O)COc1cc(O)c(C(=O)CN2Cc3cc(C(N)=S)ccc3C2=O)cc1C(C)(C)C. The minimum Gasteiger partial charge on any atom is -0.507 e. The number of amides is 1. The van der Waals surface area contributed by atoms with Crippen LogP contribution in [0.4, 0.5) is 0 Å². The van der Waals surface area contributed by atoms with Gasteiger partial charge in [0.05, 0.1) is 18.7 Å². The van der Waals surface area contributed by atoms with Crippen LogP contribution in [-0.4, -0.2) is 52.4 Å². The Morgan fingerprint density at radius 3 is 2.53 bits per heavy atom. The minimum absolute atomic E-state index is 0.0704. The van der Waals surface area contributed by atoms with E-state index in [1.165, 1.54) is 11.0 Å². The number of carbonyl (C=O) groups is 3. The highest BCUT2D eigenvalue weighted by Gasteiger charge is 2.31. The minimum atomic E-state index is -0.535. The molecule has 180 valence electrons. The second-order valence-corrected chi connectivity index (χ2v) is 9.47. The van der Waals surface area contributed by atoms with E-state index in [0.717, 1.165) is 5.56 Å². The van der Waals surface area contributed by atoms with Crippen molar-refractivity contribution < 1.29 is 29.0 Å². The fourth-order valence-corrected chi connectivity index (χ4v) is 3.88. The van der Waals surface area contributed by atoms with Crippen LogP contribution in [0.5, 0.6) is 11.5 Å². The number of phenolic OH excluding ortho intramolecular Hbond substituents is 1. The van der Waals surface area contributed by atoms with Crippen LogP contribution >= 0.6 is 12.2 Å². The molecule has 9 heteroatoms. The van der Waals surface area contributed by atoms with Crippen LogP contribution in [0.25, 0.3) is 0 Å². The molecule has 0 spiro atoms. The number of thiocarbonyl (C=S) groups is 1. The Bertz CT molecular complexity index is 1170. The van der Waals surface area contributed by atoms with Gasteiger partial charge in [0.25, 0.3) is 5.91 Å². The van der Waals surface area contributed by atoms with Gasteiger partial charge in [0, 0.05) is 29.3 Å². The molecule has 34 heavy (non-hydrogen) atoms. The van der Waals surface area contributed by atoms with Gasteiger partial charge in [-0.2, -0.15) is 0 Å². The first-order valence-corrected chi connectivity index (χ1v) is 11.2. The van der Waals surface area contributed by atoms with Crippen LogP contribution in [0, 0.1) is 0 Å².